The highest BCUT2D eigenvalue weighted by Crippen LogP contribution is 2.37. The Morgan fingerprint density at radius 2 is 1.94 bits per heavy atom. The van der Waals surface area contributed by atoms with E-state index in [1.807, 2.05) is 50.2 Å². The summed E-state index contributed by atoms with van der Waals surface area (Å²) in [6, 6.07) is 12.8. The largest absolute Gasteiger partial charge is 0.480 e. The number of thioether (sulfide) groups is 1. The van der Waals surface area contributed by atoms with Gasteiger partial charge in [0.2, 0.25) is 5.91 Å². The predicted molar refractivity (Wildman–Crippen MR) is 130 cm³/mol. The van der Waals surface area contributed by atoms with Crippen molar-refractivity contribution in [3.63, 3.8) is 0 Å². The molecule has 1 fully saturated rings. The molecule has 3 unspecified atom stereocenters. The molecule has 1 saturated heterocycles. The molecule has 33 heavy (non-hydrogen) atoms. The molecule has 1 aliphatic rings. The van der Waals surface area contributed by atoms with Gasteiger partial charge >= 0.3 is 11.9 Å². The standard InChI is InChI=1S/C25H32N2O5S/c1-4-32-25(31)20(12-16(2)3)26-21-15-33-22(13-27(24(21)30)14-23(28)29)19-11-7-9-17-8-5-6-10-18(17)19/h5-11,16,20-22,26H,4,12-15H2,1-3H3,(H,28,29). The molecular weight excluding hydrogens is 440 g/mol. The van der Waals surface area contributed by atoms with Crippen LogP contribution >= 0.6 is 11.8 Å². The third-order valence-electron chi connectivity index (χ3n) is 5.64. The first-order valence-corrected chi connectivity index (χ1v) is 12.4. The Morgan fingerprint density at radius 3 is 2.64 bits per heavy atom. The van der Waals surface area contributed by atoms with Crippen LogP contribution in [0.2, 0.25) is 0 Å². The first kappa shape index (κ1) is 25.1. The van der Waals surface area contributed by atoms with Crippen LogP contribution in [0.15, 0.2) is 42.5 Å². The number of rotatable bonds is 9. The van der Waals surface area contributed by atoms with Gasteiger partial charge in [-0.05, 0) is 35.6 Å². The van der Waals surface area contributed by atoms with Gasteiger partial charge in [-0.3, -0.25) is 19.7 Å². The molecule has 0 bridgehead atoms. The van der Waals surface area contributed by atoms with E-state index in [-0.39, 0.29) is 42.7 Å². The molecule has 2 aromatic carbocycles. The summed E-state index contributed by atoms with van der Waals surface area (Å²) < 4.78 is 5.22. The minimum absolute atomic E-state index is 0.0858. The van der Waals surface area contributed by atoms with E-state index >= 15 is 0 Å². The van der Waals surface area contributed by atoms with Crippen LogP contribution in [-0.2, 0) is 19.1 Å². The number of carboxylic acid groups (broad SMARTS) is 1. The third kappa shape index (κ3) is 6.48. The molecule has 2 N–H and O–H groups in total. The number of nitrogens with zero attached hydrogens (tertiary/aromatic N) is 1. The van der Waals surface area contributed by atoms with Gasteiger partial charge in [0.1, 0.15) is 12.6 Å². The van der Waals surface area contributed by atoms with E-state index < -0.39 is 18.1 Å². The van der Waals surface area contributed by atoms with Crippen LogP contribution in [0.3, 0.4) is 0 Å². The van der Waals surface area contributed by atoms with E-state index in [2.05, 4.69) is 11.4 Å². The predicted octanol–water partition coefficient (Wildman–Crippen LogP) is 3.48. The zero-order valence-electron chi connectivity index (χ0n) is 19.3. The molecular formula is C25H32N2O5S. The first-order valence-electron chi connectivity index (χ1n) is 11.3. The minimum Gasteiger partial charge on any atom is -0.480 e. The summed E-state index contributed by atoms with van der Waals surface area (Å²) in [6.45, 7) is 5.93. The number of hydrogen-bond acceptors (Lipinski definition) is 6. The number of esters is 1. The Morgan fingerprint density at radius 1 is 1.21 bits per heavy atom. The van der Waals surface area contributed by atoms with E-state index in [0.29, 0.717) is 12.2 Å². The molecule has 1 aliphatic heterocycles. The summed E-state index contributed by atoms with van der Waals surface area (Å²) >= 11 is 1.61. The molecule has 7 nitrogen and oxygen atoms in total. The first-order chi connectivity index (χ1) is 15.8. The molecule has 1 heterocycles. The number of aliphatic carboxylic acids is 1. The van der Waals surface area contributed by atoms with Crippen molar-refractivity contribution in [1.82, 2.24) is 10.2 Å². The fraction of sp³-hybridized carbons (Fsp3) is 0.480. The van der Waals surface area contributed by atoms with E-state index in [0.717, 1.165) is 16.3 Å². The SMILES string of the molecule is CCOC(=O)C(CC(C)C)NC1CSC(c2cccc3ccccc23)CN(CC(=O)O)C1=O. The van der Waals surface area contributed by atoms with Gasteiger partial charge in [-0.1, -0.05) is 56.3 Å². The topological polar surface area (TPSA) is 95.9 Å². The molecule has 0 aliphatic carbocycles. The second kappa shape index (κ2) is 11.5. The third-order valence-corrected chi connectivity index (χ3v) is 6.97. The zero-order chi connectivity index (χ0) is 24.0. The normalized spacial score (nSPS) is 20.0. The Kier molecular flexibility index (Phi) is 8.74. The number of carbonyl (C=O) groups is 3. The summed E-state index contributed by atoms with van der Waals surface area (Å²) in [6.07, 6.45) is 0.527. The molecule has 0 spiro atoms. The number of carboxylic acids is 1. The summed E-state index contributed by atoms with van der Waals surface area (Å²) in [7, 11) is 0. The van der Waals surface area contributed by atoms with Crippen molar-refractivity contribution in [1.29, 1.82) is 0 Å². The van der Waals surface area contributed by atoms with Crippen LogP contribution in [0.5, 0.6) is 0 Å². The Labute approximate surface area is 198 Å². The number of nitrogens with one attached hydrogen (secondary N) is 1. The lowest BCUT2D eigenvalue weighted by molar-refractivity contribution is -0.148. The summed E-state index contributed by atoms with van der Waals surface area (Å²) in [5.41, 5.74) is 1.08. The highest BCUT2D eigenvalue weighted by atomic mass is 32.2. The van der Waals surface area contributed by atoms with Crippen molar-refractivity contribution in [3.05, 3.63) is 48.0 Å². The van der Waals surface area contributed by atoms with E-state index in [1.54, 1.807) is 18.7 Å². The van der Waals surface area contributed by atoms with Crippen molar-refractivity contribution in [3.8, 4) is 0 Å². The summed E-state index contributed by atoms with van der Waals surface area (Å²) in [5.74, 6) is -1.10. The average Bonchev–Trinajstić information content (AvgIpc) is 2.92. The number of benzene rings is 2. The number of hydrogen-bond donors (Lipinski definition) is 2. The van der Waals surface area contributed by atoms with Gasteiger partial charge in [0.25, 0.3) is 0 Å². The van der Waals surface area contributed by atoms with Crippen molar-refractivity contribution < 1.29 is 24.2 Å². The van der Waals surface area contributed by atoms with Gasteiger partial charge in [0.05, 0.1) is 12.6 Å². The van der Waals surface area contributed by atoms with Crippen LogP contribution < -0.4 is 5.32 Å². The number of ether oxygens (including phenoxy) is 1. The Bertz CT molecular complexity index is 990. The molecule has 0 radical (unpaired) electrons. The monoisotopic (exact) mass is 472 g/mol. The fourth-order valence-corrected chi connectivity index (χ4v) is 5.51. The second-order valence-corrected chi connectivity index (χ2v) is 9.89. The maximum absolute atomic E-state index is 13.4. The number of carbonyl (C=O) groups excluding carboxylic acids is 2. The lowest BCUT2D eigenvalue weighted by Crippen LogP contribution is -2.54. The van der Waals surface area contributed by atoms with Crippen molar-refractivity contribution >= 4 is 40.4 Å². The van der Waals surface area contributed by atoms with Crippen LogP contribution in [0.25, 0.3) is 10.8 Å². The van der Waals surface area contributed by atoms with E-state index in [1.165, 1.54) is 4.90 Å². The van der Waals surface area contributed by atoms with Gasteiger partial charge in [-0.25, -0.2) is 0 Å². The smallest absolute Gasteiger partial charge is 0.323 e. The molecule has 1 amide bonds. The lowest BCUT2D eigenvalue weighted by Gasteiger charge is -2.27. The van der Waals surface area contributed by atoms with Crippen LogP contribution in [0.1, 0.15) is 38.0 Å². The fourth-order valence-electron chi connectivity index (χ4n) is 4.18. The number of fused-ring (bicyclic) bond motifs is 1. The highest BCUT2D eigenvalue weighted by molar-refractivity contribution is 7.99. The average molecular weight is 473 g/mol. The summed E-state index contributed by atoms with van der Waals surface area (Å²) in [5, 5.41) is 14.8. The Balaban J connectivity index is 1.89. The second-order valence-electron chi connectivity index (χ2n) is 8.66. The van der Waals surface area contributed by atoms with E-state index in [9.17, 15) is 19.5 Å². The quantitative estimate of drug-likeness (QED) is 0.540. The molecule has 0 saturated carbocycles. The molecule has 3 rings (SSSR count). The van der Waals surface area contributed by atoms with Crippen LogP contribution in [-0.4, -0.2) is 65.4 Å². The minimum atomic E-state index is -1.06. The van der Waals surface area contributed by atoms with Crippen LogP contribution in [0.4, 0.5) is 0 Å². The molecule has 2 aromatic rings. The van der Waals surface area contributed by atoms with Crippen molar-refractivity contribution in [2.24, 2.45) is 5.92 Å². The van der Waals surface area contributed by atoms with Gasteiger partial charge in [-0.2, -0.15) is 0 Å². The van der Waals surface area contributed by atoms with Crippen molar-refractivity contribution in [2.75, 3.05) is 25.4 Å². The van der Waals surface area contributed by atoms with Gasteiger partial charge in [0, 0.05) is 17.5 Å². The Hall–Kier alpha value is -2.58. The van der Waals surface area contributed by atoms with Gasteiger partial charge < -0.3 is 14.7 Å². The van der Waals surface area contributed by atoms with E-state index in [4.69, 9.17) is 4.74 Å². The van der Waals surface area contributed by atoms with Crippen LogP contribution in [0, 0.1) is 5.92 Å². The summed E-state index contributed by atoms with van der Waals surface area (Å²) in [4.78, 5) is 38.8. The maximum Gasteiger partial charge on any atom is 0.323 e. The van der Waals surface area contributed by atoms with Crippen molar-refractivity contribution in [2.45, 2.75) is 44.5 Å². The number of amides is 1. The molecule has 178 valence electrons. The molecule has 0 aromatic heterocycles. The molecule has 3 atom stereocenters. The van der Waals surface area contributed by atoms with Gasteiger partial charge in [0.15, 0.2) is 0 Å². The van der Waals surface area contributed by atoms with Gasteiger partial charge in [-0.15, -0.1) is 11.8 Å². The maximum atomic E-state index is 13.4. The lowest BCUT2D eigenvalue weighted by atomic mass is 10.0. The highest BCUT2D eigenvalue weighted by Gasteiger charge is 2.36. The molecule has 8 heteroatoms. The zero-order valence-corrected chi connectivity index (χ0v) is 20.1.